The molecule has 0 aliphatic rings. The van der Waals surface area contributed by atoms with Gasteiger partial charge in [0.2, 0.25) is 11.8 Å². The second kappa shape index (κ2) is 8.30. The maximum atomic E-state index is 12.7. The van der Waals surface area contributed by atoms with Gasteiger partial charge >= 0.3 is 0 Å². The second-order valence-electron chi connectivity index (χ2n) is 4.56. The van der Waals surface area contributed by atoms with Crippen LogP contribution >= 0.6 is 0 Å². The van der Waals surface area contributed by atoms with E-state index in [-0.39, 0.29) is 24.2 Å². The molecule has 5 heteroatoms. The van der Waals surface area contributed by atoms with Crippen LogP contribution in [0, 0.1) is 5.82 Å². The van der Waals surface area contributed by atoms with Gasteiger partial charge < -0.3 is 10.2 Å². The number of nitrogens with one attached hydrogen (secondary N) is 1. The number of carbonyl (C=O) groups is 2. The van der Waals surface area contributed by atoms with E-state index in [1.54, 1.807) is 12.1 Å². The molecular formula is C15H21FN2O2. The summed E-state index contributed by atoms with van der Waals surface area (Å²) < 4.78 is 12.7. The summed E-state index contributed by atoms with van der Waals surface area (Å²) >= 11 is 0. The molecule has 0 unspecified atom stereocenters. The van der Waals surface area contributed by atoms with E-state index >= 15 is 0 Å². The fourth-order valence-corrected chi connectivity index (χ4v) is 1.78. The minimum absolute atomic E-state index is 0.00747. The van der Waals surface area contributed by atoms with Crippen LogP contribution < -0.4 is 5.32 Å². The summed E-state index contributed by atoms with van der Waals surface area (Å²) in [6.45, 7) is 4.69. The first-order valence-corrected chi connectivity index (χ1v) is 6.85. The van der Waals surface area contributed by atoms with Crippen LogP contribution in [0.4, 0.5) is 4.39 Å². The molecule has 20 heavy (non-hydrogen) atoms. The molecule has 0 fully saturated rings. The van der Waals surface area contributed by atoms with Crippen LogP contribution in [0.5, 0.6) is 0 Å². The van der Waals surface area contributed by atoms with Crippen molar-refractivity contribution >= 4 is 11.8 Å². The fraction of sp³-hybridized carbons (Fsp3) is 0.467. The lowest BCUT2D eigenvalue weighted by Crippen LogP contribution is -2.40. The molecule has 0 aliphatic heterocycles. The van der Waals surface area contributed by atoms with Gasteiger partial charge in [0.15, 0.2) is 0 Å². The van der Waals surface area contributed by atoms with Crippen molar-refractivity contribution in [2.45, 2.75) is 33.2 Å². The highest BCUT2D eigenvalue weighted by Gasteiger charge is 2.14. The lowest BCUT2D eigenvalue weighted by molar-refractivity contribution is -0.135. The zero-order valence-electron chi connectivity index (χ0n) is 12.0. The number of benzene rings is 1. The average molecular weight is 280 g/mol. The summed E-state index contributed by atoms with van der Waals surface area (Å²) in [5.74, 6) is -0.519. The van der Waals surface area contributed by atoms with E-state index in [0.29, 0.717) is 19.5 Å². The predicted octanol–water partition coefficient (Wildman–Crippen LogP) is 2.09. The molecule has 1 N–H and O–H groups in total. The highest BCUT2D eigenvalue weighted by atomic mass is 19.1. The number of hydrogen-bond donors (Lipinski definition) is 1. The lowest BCUT2D eigenvalue weighted by Gasteiger charge is -2.20. The van der Waals surface area contributed by atoms with E-state index in [1.807, 2.05) is 13.8 Å². The summed E-state index contributed by atoms with van der Waals surface area (Å²) in [5, 5.41) is 2.72. The molecular weight excluding hydrogens is 259 g/mol. The Bertz CT molecular complexity index is 446. The van der Waals surface area contributed by atoms with Crippen LogP contribution in [-0.2, 0) is 16.1 Å². The molecule has 1 rings (SSSR count). The molecule has 4 nitrogen and oxygen atoms in total. The average Bonchev–Trinajstić information content (AvgIpc) is 2.44. The van der Waals surface area contributed by atoms with Crippen molar-refractivity contribution in [3.8, 4) is 0 Å². The molecule has 2 amide bonds. The smallest absolute Gasteiger partial charge is 0.239 e. The highest BCUT2D eigenvalue weighted by molar-refractivity contribution is 5.84. The molecule has 0 aliphatic carbocycles. The molecule has 0 atom stereocenters. The normalized spacial score (nSPS) is 10.2. The number of halogens is 1. The quantitative estimate of drug-likeness (QED) is 0.831. The van der Waals surface area contributed by atoms with Crippen LogP contribution in [-0.4, -0.2) is 29.8 Å². The predicted molar refractivity (Wildman–Crippen MR) is 75.4 cm³/mol. The first kappa shape index (κ1) is 16.1. The zero-order chi connectivity index (χ0) is 15.0. The highest BCUT2D eigenvalue weighted by Crippen LogP contribution is 2.02. The topological polar surface area (TPSA) is 49.4 Å². The molecule has 110 valence electrons. The number of rotatable bonds is 7. The molecule has 0 radical (unpaired) electrons. The Labute approximate surface area is 119 Å². The van der Waals surface area contributed by atoms with Gasteiger partial charge in [0.25, 0.3) is 0 Å². The van der Waals surface area contributed by atoms with E-state index in [0.717, 1.165) is 12.0 Å². The molecule has 1 aromatic carbocycles. The van der Waals surface area contributed by atoms with Gasteiger partial charge in [-0.1, -0.05) is 19.1 Å². The summed E-state index contributed by atoms with van der Waals surface area (Å²) in [5.41, 5.74) is 0.822. The standard InChI is InChI=1S/C15H21FN2O2/c1-3-5-15(20)18(4-2)11-14(19)17-10-12-6-8-13(16)9-7-12/h6-9H,3-5,10-11H2,1-2H3,(H,17,19). The Hall–Kier alpha value is -1.91. The van der Waals surface area contributed by atoms with E-state index in [9.17, 15) is 14.0 Å². The Morgan fingerprint density at radius 2 is 1.85 bits per heavy atom. The van der Waals surface area contributed by atoms with Crippen molar-refractivity contribution in [2.24, 2.45) is 0 Å². The second-order valence-corrected chi connectivity index (χ2v) is 4.56. The third-order valence-electron chi connectivity index (χ3n) is 2.94. The van der Waals surface area contributed by atoms with Crippen molar-refractivity contribution in [1.29, 1.82) is 0 Å². The SMILES string of the molecule is CCCC(=O)N(CC)CC(=O)NCc1ccc(F)cc1. The minimum atomic E-state index is -0.303. The number of amides is 2. The van der Waals surface area contributed by atoms with Gasteiger partial charge in [-0.15, -0.1) is 0 Å². The van der Waals surface area contributed by atoms with Crippen LogP contribution in [0.15, 0.2) is 24.3 Å². The Morgan fingerprint density at radius 3 is 2.40 bits per heavy atom. The molecule has 0 saturated carbocycles. The number of hydrogen-bond acceptors (Lipinski definition) is 2. The van der Waals surface area contributed by atoms with Gasteiger partial charge in [-0.3, -0.25) is 9.59 Å². The largest absolute Gasteiger partial charge is 0.350 e. The molecule has 0 saturated heterocycles. The summed E-state index contributed by atoms with van der Waals surface area (Å²) in [6.07, 6.45) is 1.23. The number of carbonyl (C=O) groups excluding carboxylic acids is 2. The zero-order valence-corrected chi connectivity index (χ0v) is 12.0. The summed E-state index contributed by atoms with van der Waals surface area (Å²) in [7, 11) is 0. The maximum Gasteiger partial charge on any atom is 0.239 e. The van der Waals surface area contributed by atoms with Crippen LogP contribution in [0.1, 0.15) is 32.3 Å². The molecule has 1 aromatic rings. The van der Waals surface area contributed by atoms with Crippen molar-refractivity contribution in [3.63, 3.8) is 0 Å². The Kier molecular flexibility index (Phi) is 6.70. The Morgan fingerprint density at radius 1 is 1.20 bits per heavy atom. The third-order valence-corrected chi connectivity index (χ3v) is 2.94. The number of nitrogens with zero attached hydrogens (tertiary/aromatic N) is 1. The molecule has 0 bridgehead atoms. The molecule has 0 spiro atoms. The Balaban J connectivity index is 2.42. The van der Waals surface area contributed by atoms with E-state index < -0.39 is 0 Å². The van der Waals surface area contributed by atoms with Gasteiger partial charge in [-0.25, -0.2) is 4.39 Å². The van der Waals surface area contributed by atoms with Crippen LogP contribution in [0.2, 0.25) is 0 Å². The van der Waals surface area contributed by atoms with Gasteiger partial charge in [-0.05, 0) is 31.0 Å². The van der Waals surface area contributed by atoms with E-state index in [4.69, 9.17) is 0 Å². The van der Waals surface area contributed by atoms with Crippen LogP contribution in [0.25, 0.3) is 0 Å². The van der Waals surface area contributed by atoms with Gasteiger partial charge in [-0.2, -0.15) is 0 Å². The molecule has 0 heterocycles. The summed E-state index contributed by atoms with van der Waals surface area (Å²) in [6, 6.07) is 5.94. The third kappa shape index (κ3) is 5.38. The van der Waals surface area contributed by atoms with Gasteiger partial charge in [0.1, 0.15) is 5.82 Å². The first-order chi connectivity index (χ1) is 9.56. The van der Waals surface area contributed by atoms with Crippen molar-refractivity contribution in [3.05, 3.63) is 35.6 Å². The van der Waals surface area contributed by atoms with Crippen molar-refractivity contribution in [1.82, 2.24) is 10.2 Å². The molecule has 0 aromatic heterocycles. The monoisotopic (exact) mass is 280 g/mol. The first-order valence-electron chi connectivity index (χ1n) is 6.85. The van der Waals surface area contributed by atoms with Crippen molar-refractivity contribution in [2.75, 3.05) is 13.1 Å². The van der Waals surface area contributed by atoms with Gasteiger partial charge in [0.05, 0.1) is 6.54 Å². The van der Waals surface area contributed by atoms with Crippen molar-refractivity contribution < 1.29 is 14.0 Å². The van der Waals surface area contributed by atoms with E-state index in [1.165, 1.54) is 17.0 Å². The minimum Gasteiger partial charge on any atom is -0.350 e. The number of likely N-dealkylation sites (N-methyl/N-ethyl adjacent to an activating group) is 1. The van der Waals surface area contributed by atoms with Crippen LogP contribution in [0.3, 0.4) is 0 Å². The maximum absolute atomic E-state index is 12.7. The lowest BCUT2D eigenvalue weighted by atomic mass is 10.2. The van der Waals surface area contributed by atoms with Gasteiger partial charge in [0, 0.05) is 19.5 Å². The van der Waals surface area contributed by atoms with E-state index in [2.05, 4.69) is 5.32 Å². The fourth-order valence-electron chi connectivity index (χ4n) is 1.78. The summed E-state index contributed by atoms with van der Waals surface area (Å²) in [4.78, 5) is 25.0.